The molecular formula is C8H15N5. The summed E-state index contributed by atoms with van der Waals surface area (Å²) >= 11 is 0. The summed E-state index contributed by atoms with van der Waals surface area (Å²) in [4.78, 5) is 0. The molecule has 5 nitrogen and oxygen atoms in total. The van der Waals surface area contributed by atoms with Crippen molar-refractivity contribution in [3.63, 3.8) is 0 Å². The van der Waals surface area contributed by atoms with Crippen LogP contribution in [0.25, 0.3) is 0 Å². The maximum absolute atomic E-state index is 5.75. The predicted molar refractivity (Wildman–Crippen MR) is 47.9 cm³/mol. The van der Waals surface area contributed by atoms with Crippen LogP contribution in [0.3, 0.4) is 0 Å². The number of nitrogens with two attached hydrogens (primary N) is 1. The highest BCUT2D eigenvalue weighted by molar-refractivity contribution is 4.98. The molecule has 1 heterocycles. The van der Waals surface area contributed by atoms with Crippen LogP contribution in [0, 0.1) is 5.92 Å². The Morgan fingerprint density at radius 2 is 2.46 bits per heavy atom. The first-order valence-electron chi connectivity index (χ1n) is 4.77. The molecule has 3 atom stereocenters. The van der Waals surface area contributed by atoms with E-state index in [-0.39, 0.29) is 6.04 Å². The standard InChI is InChI=1S/C8H15N5/c1-3-6-4-7(6)13-8(5(2)9)10-11-12-13/h5-7H,3-4,9H2,1-2H3. The summed E-state index contributed by atoms with van der Waals surface area (Å²) in [6, 6.07) is 0.425. The van der Waals surface area contributed by atoms with E-state index in [0.29, 0.717) is 6.04 Å². The normalized spacial score (nSPS) is 28.8. The summed E-state index contributed by atoms with van der Waals surface area (Å²) in [5.74, 6) is 1.56. The summed E-state index contributed by atoms with van der Waals surface area (Å²) in [6.45, 7) is 4.10. The van der Waals surface area contributed by atoms with E-state index in [4.69, 9.17) is 5.73 Å². The number of tetrazole rings is 1. The zero-order valence-electron chi connectivity index (χ0n) is 8.01. The van der Waals surface area contributed by atoms with E-state index in [1.165, 1.54) is 12.8 Å². The van der Waals surface area contributed by atoms with Crippen molar-refractivity contribution in [2.75, 3.05) is 0 Å². The molecule has 72 valence electrons. The van der Waals surface area contributed by atoms with Crippen LogP contribution in [-0.4, -0.2) is 20.2 Å². The van der Waals surface area contributed by atoms with Gasteiger partial charge in [0.05, 0.1) is 12.1 Å². The molecule has 0 radical (unpaired) electrons. The van der Waals surface area contributed by atoms with E-state index >= 15 is 0 Å². The minimum absolute atomic E-state index is 0.0758. The molecule has 1 fully saturated rings. The maximum Gasteiger partial charge on any atom is 0.167 e. The van der Waals surface area contributed by atoms with Crippen LogP contribution < -0.4 is 5.73 Å². The molecule has 2 rings (SSSR count). The largest absolute Gasteiger partial charge is 0.322 e. The summed E-state index contributed by atoms with van der Waals surface area (Å²) in [7, 11) is 0. The van der Waals surface area contributed by atoms with Gasteiger partial charge in [-0.05, 0) is 29.7 Å². The fourth-order valence-corrected chi connectivity index (χ4v) is 1.71. The molecule has 0 aromatic carbocycles. The Balaban J connectivity index is 2.17. The number of nitrogens with zero attached hydrogens (tertiary/aromatic N) is 4. The van der Waals surface area contributed by atoms with Crippen LogP contribution in [0.15, 0.2) is 0 Å². The van der Waals surface area contributed by atoms with Gasteiger partial charge in [0.2, 0.25) is 0 Å². The third kappa shape index (κ3) is 1.44. The van der Waals surface area contributed by atoms with Gasteiger partial charge in [0.1, 0.15) is 0 Å². The van der Waals surface area contributed by atoms with Gasteiger partial charge in [-0.3, -0.25) is 0 Å². The number of rotatable bonds is 3. The first kappa shape index (κ1) is 8.62. The average molecular weight is 181 g/mol. The zero-order valence-corrected chi connectivity index (χ0v) is 8.01. The molecule has 1 aromatic rings. The third-order valence-corrected chi connectivity index (χ3v) is 2.65. The van der Waals surface area contributed by atoms with Crippen LogP contribution in [0.1, 0.15) is 44.6 Å². The molecule has 0 amide bonds. The number of aromatic nitrogens is 4. The van der Waals surface area contributed by atoms with Crippen molar-refractivity contribution >= 4 is 0 Å². The Hall–Kier alpha value is -0.970. The van der Waals surface area contributed by atoms with Gasteiger partial charge in [0.15, 0.2) is 5.82 Å². The Morgan fingerprint density at radius 1 is 1.69 bits per heavy atom. The smallest absolute Gasteiger partial charge is 0.167 e. The van der Waals surface area contributed by atoms with Crippen LogP contribution in [0.4, 0.5) is 0 Å². The molecule has 1 saturated carbocycles. The summed E-state index contributed by atoms with van der Waals surface area (Å²) in [5, 5.41) is 11.6. The number of hydrogen-bond acceptors (Lipinski definition) is 4. The molecule has 1 aliphatic rings. The van der Waals surface area contributed by atoms with Gasteiger partial charge < -0.3 is 5.73 Å². The van der Waals surface area contributed by atoms with Gasteiger partial charge >= 0.3 is 0 Å². The number of hydrogen-bond donors (Lipinski definition) is 1. The lowest BCUT2D eigenvalue weighted by atomic mass is 10.3. The van der Waals surface area contributed by atoms with E-state index in [1.54, 1.807) is 0 Å². The van der Waals surface area contributed by atoms with Crippen molar-refractivity contribution in [2.45, 2.75) is 38.8 Å². The van der Waals surface area contributed by atoms with Crippen molar-refractivity contribution in [3.05, 3.63) is 5.82 Å². The Labute approximate surface area is 77.3 Å². The Kier molecular flexibility index (Phi) is 2.03. The van der Waals surface area contributed by atoms with Crippen molar-refractivity contribution in [1.29, 1.82) is 0 Å². The molecule has 5 heteroatoms. The SMILES string of the molecule is CCC1CC1n1nnnc1C(C)N. The molecule has 0 spiro atoms. The molecule has 3 unspecified atom stereocenters. The molecule has 0 bridgehead atoms. The minimum atomic E-state index is -0.0758. The minimum Gasteiger partial charge on any atom is -0.322 e. The first-order valence-corrected chi connectivity index (χ1v) is 4.77. The van der Waals surface area contributed by atoms with Gasteiger partial charge in [-0.15, -0.1) is 5.10 Å². The summed E-state index contributed by atoms with van der Waals surface area (Å²) in [5.41, 5.74) is 5.75. The summed E-state index contributed by atoms with van der Waals surface area (Å²) < 4.78 is 1.89. The second-order valence-corrected chi connectivity index (χ2v) is 3.74. The molecular weight excluding hydrogens is 166 g/mol. The molecule has 0 aliphatic heterocycles. The van der Waals surface area contributed by atoms with Crippen LogP contribution in [0.5, 0.6) is 0 Å². The van der Waals surface area contributed by atoms with E-state index in [1.807, 2.05) is 11.6 Å². The van der Waals surface area contributed by atoms with Crippen molar-refractivity contribution in [1.82, 2.24) is 20.2 Å². The average Bonchev–Trinajstić information content (AvgIpc) is 2.72. The van der Waals surface area contributed by atoms with E-state index in [2.05, 4.69) is 22.4 Å². The monoisotopic (exact) mass is 181 g/mol. The van der Waals surface area contributed by atoms with Gasteiger partial charge in [-0.1, -0.05) is 13.3 Å². The van der Waals surface area contributed by atoms with Crippen LogP contribution in [-0.2, 0) is 0 Å². The fraction of sp³-hybridized carbons (Fsp3) is 0.875. The van der Waals surface area contributed by atoms with Gasteiger partial charge in [-0.2, -0.15) is 0 Å². The van der Waals surface area contributed by atoms with E-state index < -0.39 is 0 Å². The lowest BCUT2D eigenvalue weighted by Gasteiger charge is -2.05. The predicted octanol–water partition coefficient (Wildman–Crippen LogP) is 0.664. The maximum atomic E-state index is 5.75. The third-order valence-electron chi connectivity index (χ3n) is 2.65. The van der Waals surface area contributed by atoms with Crippen molar-refractivity contribution < 1.29 is 0 Å². The second kappa shape index (κ2) is 3.06. The topological polar surface area (TPSA) is 69.6 Å². The Bertz CT molecular complexity index is 292. The van der Waals surface area contributed by atoms with E-state index in [0.717, 1.165) is 11.7 Å². The van der Waals surface area contributed by atoms with Crippen LogP contribution >= 0.6 is 0 Å². The first-order chi connectivity index (χ1) is 6.24. The molecule has 2 N–H and O–H groups in total. The highest BCUT2D eigenvalue weighted by Gasteiger charge is 2.39. The van der Waals surface area contributed by atoms with Crippen LogP contribution in [0.2, 0.25) is 0 Å². The van der Waals surface area contributed by atoms with Gasteiger partial charge in [-0.25, -0.2) is 4.68 Å². The highest BCUT2D eigenvalue weighted by Crippen LogP contribution is 2.45. The molecule has 1 aliphatic carbocycles. The molecule has 0 saturated heterocycles. The zero-order chi connectivity index (χ0) is 9.42. The van der Waals surface area contributed by atoms with Gasteiger partial charge in [0.25, 0.3) is 0 Å². The molecule has 13 heavy (non-hydrogen) atoms. The Morgan fingerprint density at radius 3 is 3.00 bits per heavy atom. The highest BCUT2D eigenvalue weighted by atomic mass is 15.6. The fourth-order valence-electron chi connectivity index (χ4n) is 1.71. The lowest BCUT2D eigenvalue weighted by molar-refractivity contribution is 0.521. The van der Waals surface area contributed by atoms with E-state index in [9.17, 15) is 0 Å². The van der Waals surface area contributed by atoms with Crippen molar-refractivity contribution in [3.8, 4) is 0 Å². The van der Waals surface area contributed by atoms with Gasteiger partial charge in [0, 0.05) is 0 Å². The lowest BCUT2D eigenvalue weighted by Crippen LogP contribution is -2.14. The molecule has 1 aromatic heterocycles. The van der Waals surface area contributed by atoms with Crippen molar-refractivity contribution in [2.24, 2.45) is 11.7 Å². The summed E-state index contributed by atoms with van der Waals surface area (Å²) in [6.07, 6.45) is 2.39. The second-order valence-electron chi connectivity index (χ2n) is 3.74. The quantitative estimate of drug-likeness (QED) is 0.743.